The van der Waals surface area contributed by atoms with Crippen LogP contribution in [0, 0.1) is 13.8 Å². The molecule has 2 nitrogen and oxygen atoms in total. The molecule has 0 amide bonds. The standard InChI is InChI=1S/C50H46N2/c1-37-34-38(2)36-49(35-37)52(48-32-26-43(27-33-48)50(3,4)5)46-28-20-40(21-29-46)17-16-39-18-22-41(23-19-39)42-24-30-47(31-25-42)51(44-12-8-6-9-13-44)45-14-10-7-11-15-45/h6-36H,1-5H3. The van der Waals surface area contributed by atoms with Crippen LogP contribution in [0.15, 0.2) is 176 Å². The van der Waals surface area contributed by atoms with E-state index in [9.17, 15) is 0 Å². The Morgan fingerprint density at radius 3 is 1.15 bits per heavy atom. The zero-order valence-corrected chi connectivity index (χ0v) is 30.8. The first-order valence-corrected chi connectivity index (χ1v) is 18.1. The maximum Gasteiger partial charge on any atom is 0.0466 e. The van der Waals surface area contributed by atoms with E-state index in [-0.39, 0.29) is 5.41 Å². The Labute approximate surface area is 310 Å². The Kier molecular flexibility index (Phi) is 9.91. The highest BCUT2D eigenvalue weighted by Crippen LogP contribution is 2.38. The van der Waals surface area contributed by atoms with E-state index in [1.165, 1.54) is 39.1 Å². The number of nitrogens with zero attached hydrogens (tertiary/aromatic N) is 2. The van der Waals surface area contributed by atoms with E-state index >= 15 is 0 Å². The fraction of sp³-hybridized carbons (Fsp3) is 0.120. The lowest BCUT2D eigenvalue weighted by Crippen LogP contribution is -2.13. The molecular weight excluding hydrogens is 629 g/mol. The summed E-state index contributed by atoms with van der Waals surface area (Å²) in [6.07, 6.45) is 4.38. The molecule has 52 heavy (non-hydrogen) atoms. The second-order valence-electron chi connectivity index (χ2n) is 14.6. The van der Waals surface area contributed by atoms with Gasteiger partial charge in [0, 0.05) is 34.1 Å². The van der Waals surface area contributed by atoms with Crippen LogP contribution in [0.2, 0.25) is 0 Å². The van der Waals surface area contributed by atoms with Crippen molar-refractivity contribution in [2.24, 2.45) is 0 Å². The topological polar surface area (TPSA) is 6.48 Å². The van der Waals surface area contributed by atoms with Crippen LogP contribution in [0.1, 0.15) is 48.6 Å². The second-order valence-corrected chi connectivity index (χ2v) is 14.6. The summed E-state index contributed by atoms with van der Waals surface area (Å²) in [6, 6.07) is 63.3. The molecule has 0 unspecified atom stereocenters. The van der Waals surface area contributed by atoms with Crippen molar-refractivity contribution in [1.82, 2.24) is 0 Å². The van der Waals surface area contributed by atoms with Crippen LogP contribution >= 0.6 is 0 Å². The maximum absolute atomic E-state index is 2.35. The minimum Gasteiger partial charge on any atom is -0.311 e. The van der Waals surface area contributed by atoms with Gasteiger partial charge < -0.3 is 9.80 Å². The number of hydrogen-bond acceptors (Lipinski definition) is 2. The van der Waals surface area contributed by atoms with E-state index in [1.807, 2.05) is 0 Å². The molecule has 0 spiro atoms. The highest BCUT2D eigenvalue weighted by molar-refractivity contribution is 5.80. The first-order valence-electron chi connectivity index (χ1n) is 18.1. The molecular formula is C50H46N2. The van der Waals surface area contributed by atoms with Gasteiger partial charge in [-0.05, 0) is 131 Å². The maximum atomic E-state index is 2.35. The number of hydrogen-bond donors (Lipinski definition) is 0. The fourth-order valence-corrected chi connectivity index (χ4v) is 6.76. The first kappa shape index (κ1) is 34.3. The number of benzene rings is 7. The summed E-state index contributed by atoms with van der Waals surface area (Å²) in [5.41, 5.74) is 15.5. The molecule has 0 bridgehead atoms. The Hall–Kier alpha value is -6.12. The summed E-state index contributed by atoms with van der Waals surface area (Å²) in [4.78, 5) is 4.64. The van der Waals surface area contributed by atoms with E-state index < -0.39 is 0 Å². The molecule has 7 aromatic rings. The van der Waals surface area contributed by atoms with Gasteiger partial charge in [0.2, 0.25) is 0 Å². The quantitative estimate of drug-likeness (QED) is 0.141. The average molecular weight is 675 g/mol. The lowest BCUT2D eigenvalue weighted by atomic mass is 9.87. The number of aryl methyl sites for hydroxylation is 2. The van der Waals surface area contributed by atoms with Gasteiger partial charge in [-0.15, -0.1) is 0 Å². The molecule has 7 aromatic carbocycles. The summed E-state index contributed by atoms with van der Waals surface area (Å²) in [5, 5.41) is 0. The molecule has 0 aliphatic carbocycles. The Balaban J connectivity index is 1.08. The number of anilines is 6. The lowest BCUT2D eigenvalue weighted by Gasteiger charge is -2.27. The summed E-state index contributed by atoms with van der Waals surface area (Å²) < 4.78 is 0. The van der Waals surface area contributed by atoms with Crippen LogP contribution in [0.5, 0.6) is 0 Å². The number of para-hydroxylation sites is 2. The van der Waals surface area contributed by atoms with Crippen molar-refractivity contribution in [2.45, 2.75) is 40.0 Å². The van der Waals surface area contributed by atoms with Gasteiger partial charge in [-0.25, -0.2) is 0 Å². The van der Waals surface area contributed by atoms with Crippen molar-refractivity contribution < 1.29 is 0 Å². The summed E-state index contributed by atoms with van der Waals surface area (Å²) >= 11 is 0. The van der Waals surface area contributed by atoms with Crippen molar-refractivity contribution in [2.75, 3.05) is 9.80 Å². The molecule has 0 aromatic heterocycles. The average Bonchev–Trinajstić information content (AvgIpc) is 3.16. The van der Waals surface area contributed by atoms with Gasteiger partial charge >= 0.3 is 0 Å². The molecule has 0 heterocycles. The van der Waals surface area contributed by atoms with Gasteiger partial charge in [-0.2, -0.15) is 0 Å². The monoisotopic (exact) mass is 674 g/mol. The van der Waals surface area contributed by atoms with Crippen molar-refractivity contribution in [1.29, 1.82) is 0 Å². The van der Waals surface area contributed by atoms with Gasteiger partial charge in [-0.3, -0.25) is 0 Å². The molecule has 0 fully saturated rings. The highest BCUT2D eigenvalue weighted by atomic mass is 15.1. The first-order chi connectivity index (χ1) is 25.2. The second kappa shape index (κ2) is 15.0. The molecule has 2 heteroatoms. The molecule has 0 aliphatic heterocycles. The van der Waals surface area contributed by atoms with Gasteiger partial charge in [0.15, 0.2) is 0 Å². The predicted molar refractivity (Wildman–Crippen MR) is 225 cm³/mol. The minimum atomic E-state index is 0.108. The molecule has 7 rings (SSSR count). The van der Waals surface area contributed by atoms with Crippen LogP contribution in [0.25, 0.3) is 23.3 Å². The minimum absolute atomic E-state index is 0.108. The van der Waals surface area contributed by atoms with E-state index in [2.05, 4.69) is 232 Å². The largest absolute Gasteiger partial charge is 0.311 e. The van der Waals surface area contributed by atoms with Crippen molar-refractivity contribution in [3.63, 3.8) is 0 Å². The van der Waals surface area contributed by atoms with Crippen LogP contribution in [0.4, 0.5) is 34.1 Å². The van der Waals surface area contributed by atoms with Crippen LogP contribution < -0.4 is 9.80 Å². The molecule has 0 saturated carbocycles. The molecule has 256 valence electrons. The van der Waals surface area contributed by atoms with Gasteiger partial charge in [-0.1, -0.05) is 136 Å². The van der Waals surface area contributed by atoms with Gasteiger partial charge in [0.25, 0.3) is 0 Å². The zero-order valence-electron chi connectivity index (χ0n) is 30.8. The molecule has 0 saturated heterocycles. The van der Waals surface area contributed by atoms with E-state index in [4.69, 9.17) is 0 Å². The van der Waals surface area contributed by atoms with Crippen molar-refractivity contribution in [3.05, 3.63) is 204 Å². The van der Waals surface area contributed by atoms with Crippen molar-refractivity contribution in [3.8, 4) is 11.1 Å². The SMILES string of the molecule is Cc1cc(C)cc(N(c2ccc(C=Cc3ccc(-c4ccc(N(c5ccccc5)c5ccccc5)cc4)cc3)cc2)c2ccc(C(C)(C)C)cc2)c1. The predicted octanol–water partition coefficient (Wildman–Crippen LogP) is 14.4. The summed E-state index contributed by atoms with van der Waals surface area (Å²) in [7, 11) is 0. The Morgan fingerprint density at radius 1 is 0.365 bits per heavy atom. The summed E-state index contributed by atoms with van der Waals surface area (Å²) in [6.45, 7) is 11.1. The lowest BCUT2D eigenvalue weighted by molar-refractivity contribution is 0.590. The number of rotatable bonds is 9. The Bertz CT molecular complexity index is 2180. The molecule has 0 atom stereocenters. The summed E-state index contributed by atoms with van der Waals surface area (Å²) in [5.74, 6) is 0. The van der Waals surface area contributed by atoms with Crippen LogP contribution in [-0.2, 0) is 5.41 Å². The third kappa shape index (κ3) is 7.93. The van der Waals surface area contributed by atoms with E-state index in [0.29, 0.717) is 0 Å². The Morgan fingerprint density at radius 2 is 0.712 bits per heavy atom. The van der Waals surface area contributed by atoms with Crippen LogP contribution in [-0.4, -0.2) is 0 Å². The van der Waals surface area contributed by atoms with Gasteiger partial charge in [0.05, 0.1) is 0 Å². The third-order valence-electron chi connectivity index (χ3n) is 9.47. The molecule has 0 N–H and O–H groups in total. The fourth-order valence-electron chi connectivity index (χ4n) is 6.76. The van der Waals surface area contributed by atoms with E-state index in [0.717, 1.165) is 34.0 Å². The third-order valence-corrected chi connectivity index (χ3v) is 9.47. The highest BCUT2D eigenvalue weighted by Gasteiger charge is 2.17. The van der Waals surface area contributed by atoms with E-state index in [1.54, 1.807) is 0 Å². The normalized spacial score (nSPS) is 11.5. The smallest absolute Gasteiger partial charge is 0.0466 e. The van der Waals surface area contributed by atoms with Crippen molar-refractivity contribution >= 4 is 46.3 Å². The molecule has 0 aliphatic rings. The molecule has 0 radical (unpaired) electrons. The zero-order chi connectivity index (χ0) is 36.1. The van der Waals surface area contributed by atoms with Gasteiger partial charge in [0.1, 0.15) is 0 Å². The van der Waals surface area contributed by atoms with Crippen LogP contribution in [0.3, 0.4) is 0 Å².